The van der Waals surface area contributed by atoms with Crippen LogP contribution in [0.15, 0.2) is 41.4 Å². The second-order valence-corrected chi connectivity index (χ2v) is 7.57. The average Bonchev–Trinajstić information content (AvgIpc) is 2.72. The number of likely N-dealkylation sites (tertiary alicyclic amines) is 1. The van der Waals surface area contributed by atoms with Gasteiger partial charge in [-0.2, -0.15) is 13.2 Å². The van der Waals surface area contributed by atoms with E-state index >= 15 is 0 Å². The third kappa shape index (κ3) is 5.62. The van der Waals surface area contributed by atoms with Gasteiger partial charge < -0.3 is 9.64 Å². The number of halogens is 3. The molecular weight excluding hydrogens is 393 g/mol. The van der Waals surface area contributed by atoms with Crippen molar-refractivity contribution >= 4 is 18.0 Å². The molecule has 1 aliphatic heterocycles. The summed E-state index contributed by atoms with van der Waals surface area (Å²) in [5.74, 6) is -0.570. The quantitative estimate of drug-likeness (QED) is 0.349. The molecule has 0 spiro atoms. The van der Waals surface area contributed by atoms with Crippen molar-refractivity contribution in [2.75, 3.05) is 13.1 Å². The first-order chi connectivity index (χ1) is 14.2. The second kappa shape index (κ2) is 9.32. The van der Waals surface area contributed by atoms with E-state index in [0.717, 1.165) is 36.5 Å². The van der Waals surface area contributed by atoms with E-state index in [1.165, 1.54) is 31.4 Å². The number of carbonyl (C=O) groups excluding carboxylic acids is 1. The van der Waals surface area contributed by atoms with Gasteiger partial charge in [-0.15, -0.1) is 0 Å². The summed E-state index contributed by atoms with van der Waals surface area (Å²) >= 11 is 0. The Balaban J connectivity index is 1.67. The molecule has 1 saturated heterocycles. The number of piperidine rings is 1. The van der Waals surface area contributed by atoms with Gasteiger partial charge in [-0.05, 0) is 74.1 Å². The summed E-state index contributed by atoms with van der Waals surface area (Å²) in [6, 6.07) is 8.32. The van der Waals surface area contributed by atoms with Crippen molar-refractivity contribution in [3.8, 4) is 0 Å². The number of nitrogens with zero attached hydrogens (tertiary/aromatic N) is 2. The number of aliphatic imine (C=N–C) groups is 1. The van der Waals surface area contributed by atoms with Crippen LogP contribution in [0.3, 0.4) is 0 Å². The maximum absolute atomic E-state index is 12.8. The van der Waals surface area contributed by atoms with Crippen molar-refractivity contribution < 1.29 is 22.7 Å². The van der Waals surface area contributed by atoms with Gasteiger partial charge in [0.15, 0.2) is 0 Å². The van der Waals surface area contributed by atoms with Crippen molar-refractivity contribution in [2.45, 2.75) is 45.9 Å². The first-order valence-electron chi connectivity index (χ1n) is 9.97. The minimum atomic E-state index is -4.43. The number of carbonyl (C=O) groups is 1. The lowest BCUT2D eigenvalue weighted by Crippen LogP contribution is -2.28. The van der Waals surface area contributed by atoms with Crippen LogP contribution in [-0.4, -0.2) is 30.3 Å². The molecule has 0 N–H and O–H groups in total. The van der Waals surface area contributed by atoms with Crippen molar-refractivity contribution in [3.05, 3.63) is 64.2 Å². The Morgan fingerprint density at radius 2 is 1.83 bits per heavy atom. The van der Waals surface area contributed by atoms with E-state index in [1.54, 1.807) is 13.0 Å². The van der Waals surface area contributed by atoms with Crippen LogP contribution in [0.25, 0.3) is 0 Å². The molecule has 0 aliphatic carbocycles. The number of hydrogen-bond donors (Lipinski definition) is 0. The smallest absolute Gasteiger partial charge is 0.416 e. The number of alkyl halides is 3. The van der Waals surface area contributed by atoms with Crippen molar-refractivity contribution in [2.24, 2.45) is 4.99 Å². The van der Waals surface area contributed by atoms with E-state index in [1.807, 2.05) is 19.3 Å². The Morgan fingerprint density at radius 3 is 2.53 bits per heavy atom. The number of ether oxygens (including phenoxy) is 1. The minimum Gasteiger partial charge on any atom is -0.457 e. The molecule has 1 aliphatic rings. The molecule has 0 aromatic heterocycles. The fourth-order valence-electron chi connectivity index (χ4n) is 3.40. The van der Waals surface area contributed by atoms with E-state index in [-0.39, 0.29) is 12.2 Å². The van der Waals surface area contributed by atoms with Crippen LogP contribution >= 0.6 is 0 Å². The molecular formula is C23H25F3N2O2. The van der Waals surface area contributed by atoms with Gasteiger partial charge in [-0.1, -0.05) is 12.1 Å². The summed E-state index contributed by atoms with van der Waals surface area (Å²) in [5.41, 5.74) is 2.23. The normalized spacial score (nSPS) is 14.9. The molecule has 30 heavy (non-hydrogen) atoms. The SMILES string of the molecule is Cc1cc(C(=O)OCc2cccc(C(F)(F)F)c2)c(C)cc1/N=C/N1CCCCC1. The maximum atomic E-state index is 12.8. The van der Waals surface area contributed by atoms with E-state index in [0.29, 0.717) is 11.1 Å². The fraction of sp³-hybridized carbons (Fsp3) is 0.391. The zero-order valence-corrected chi connectivity index (χ0v) is 17.1. The summed E-state index contributed by atoms with van der Waals surface area (Å²) in [5, 5.41) is 0. The Morgan fingerprint density at radius 1 is 1.10 bits per heavy atom. The first-order valence-corrected chi connectivity index (χ1v) is 9.97. The average molecular weight is 418 g/mol. The van der Waals surface area contributed by atoms with Gasteiger partial charge in [0.25, 0.3) is 0 Å². The molecule has 0 unspecified atom stereocenters. The molecule has 1 heterocycles. The van der Waals surface area contributed by atoms with Gasteiger partial charge in [-0.3, -0.25) is 0 Å². The molecule has 1 fully saturated rings. The maximum Gasteiger partial charge on any atom is 0.416 e. The summed E-state index contributed by atoms with van der Waals surface area (Å²) in [4.78, 5) is 19.2. The number of aryl methyl sites for hydroxylation is 2. The molecule has 0 radical (unpaired) electrons. The zero-order valence-electron chi connectivity index (χ0n) is 17.1. The van der Waals surface area contributed by atoms with E-state index in [4.69, 9.17) is 4.74 Å². The molecule has 0 bridgehead atoms. The molecule has 2 aromatic carbocycles. The van der Waals surface area contributed by atoms with Crippen LogP contribution in [0, 0.1) is 13.8 Å². The van der Waals surface area contributed by atoms with Gasteiger partial charge in [0.1, 0.15) is 6.61 Å². The van der Waals surface area contributed by atoms with Gasteiger partial charge in [0.2, 0.25) is 0 Å². The Kier molecular flexibility index (Phi) is 6.80. The number of esters is 1. The molecule has 4 nitrogen and oxygen atoms in total. The van der Waals surface area contributed by atoms with Crippen LogP contribution < -0.4 is 0 Å². The van der Waals surface area contributed by atoms with E-state index < -0.39 is 17.7 Å². The third-order valence-corrected chi connectivity index (χ3v) is 5.14. The summed E-state index contributed by atoms with van der Waals surface area (Å²) in [6.45, 7) is 5.44. The topological polar surface area (TPSA) is 41.9 Å². The van der Waals surface area contributed by atoms with Crippen molar-refractivity contribution in [1.29, 1.82) is 0 Å². The number of hydrogen-bond acceptors (Lipinski definition) is 3. The zero-order chi connectivity index (χ0) is 21.7. The molecule has 3 rings (SSSR count). The van der Waals surface area contributed by atoms with Crippen LogP contribution in [-0.2, 0) is 17.5 Å². The highest BCUT2D eigenvalue weighted by molar-refractivity contribution is 5.92. The Labute approximate surface area is 174 Å². The molecule has 2 aromatic rings. The summed E-state index contributed by atoms with van der Waals surface area (Å²) in [7, 11) is 0. The lowest BCUT2D eigenvalue weighted by atomic mass is 10.0. The molecule has 0 amide bonds. The fourth-order valence-corrected chi connectivity index (χ4v) is 3.40. The minimum absolute atomic E-state index is 0.226. The van der Waals surface area contributed by atoms with Crippen LogP contribution in [0.4, 0.5) is 18.9 Å². The first kappa shape index (κ1) is 21.9. The van der Waals surface area contributed by atoms with Crippen LogP contribution in [0.1, 0.15) is 51.9 Å². The summed E-state index contributed by atoms with van der Waals surface area (Å²) in [6.07, 6.45) is 1.01. The Hall–Kier alpha value is -2.83. The monoisotopic (exact) mass is 418 g/mol. The summed E-state index contributed by atoms with van der Waals surface area (Å²) < 4.78 is 43.7. The molecule has 0 atom stereocenters. The highest BCUT2D eigenvalue weighted by atomic mass is 19.4. The standard InChI is InChI=1S/C23H25F3N2O2/c1-16-12-21(27-15-28-9-4-3-5-10-28)17(2)11-20(16)22(29)30-14-18-7-6-8-19(13-18)23(24,25)26/h6-8,11-13,15H,3-5,9-10,14H2,1-2H3/b27-15+. The van der Waals surface area contributed by atoms with Crippen molar-refractivity contribution in [3.63, 3.8) is 0 Å². The predicted molar refractivity (Wildman–Crippen MR) is 110 cm³/mol. The largest absolute Gasteiger partial charge is 0.457 e. The van der Waals surface area contributed by atoms with E-state index in [9.17, 15) is 18.0 Å². The van der Waals surface area contributed by atoms with Crippen LogP contribution in [0.5, 0.6) is 0 Å². The molecule has 7 heteroatoms. The predicted octanol–water partition coefficient (Wildman–Crippen LogP) is 5.82. The molecule has 0 saturated carbocycles. The Bertz CT molecular complexity index is 933. The lowest BCUT2D eigenvalue weighted by molar-refractivity contribution is -0.137. The van der Waals surface area contributed by atoms with Crippen LogP contribution in [0.2, 0.25) is 0 Å². The van der Waals surface area contributed by atoms with Crippen molar-refractivity contribution in [1.82, 2.24) is 4.90 Å². The highest BCUT2D eigenvalue weighted by Crippen LogP contribution is 2.30. The number of rotatable bonds is 5. The lowest BCUT2D eigenvalue weighted by Gasteiger charge is -2.23. The second-order valence-electron chi connectivity index (χ2n) is 7.57. The van der Waals surface area contributed by atoms with Gasteiger partial charge in [0.05, 0.1) is 23.2 Å². The number of benzene rings is 2. The highest BCUT2D eigenvalue weighted by Gasteiger charge is 2.30. The third-order valence-electron chi connectivity index (χ3n) is 5.14. The molecule has 160 valence electrons. The van der Waals surface area contributed by atoms with Gasteiger partial charge in [-0.25, -0.2) is 9.79 Å². The van der Waals surface area contributed by atoms with Gasteiger partial charge in [0, 0.05) is 13.1 Å². The van der Waals surface area contributed by atoms with Gasteiger partial charge >= 0.3 is 12.1 Å². The van der Waals surface area contributed by atoms with E-state index in [2.05, 4.69) is 9.89 Å².